The van der Waals surface area contributed by atoms with E-state index in [9.17, 15) is 9.18 Å². The molecule has 0 spiro atoms. The predicted molar refractivity (Wildman–Crippen MR) is 117 cm³/mol. The number of rotatable bonds is 5. The fourth-order valence-electron chi connectivity index (χ4n) is 4.53. The van der Waals surface area contributed by atoms with Gasteiger partial charge in [-0.15, -0.1) is 0 Å². The monoisotopic (exact) mass is 408 g/mol. The molecule has 30 heavy (non-hydrogen) atoms. The second-order valence-electron chi connectivity index (χ2n) is 8.12. The fourth-order valence-corrected chi connectivity index (χ4v) is 4.53. The summed E-state index contributed by atoms with van der Waals surface area (Å²) in [5.41, 5.74) is 2.05. The molecule has 0 unspecified atom stereocenters. The molecule has 0 amide bonds. The van der Waals surface area contributed by atoms with Crippen LogP contribution in [-0.4, -0.2) is 16.7 Å². The van der Waals surface area contributed by atoms with E-state index in [0.29, 0.717) is 5.56 Å². The van der Waals surface area contributed by atoms with Crippen LogP contribution in [0.1, 0.15) is 86.8 Å². The van der Waals surface area contributed by atoms with Crippen molar-refractivity contribution in [2.45, 2.75) is 70.8 Å². The third-order valence-electron chi connectivity index (χ3n) is 6.73. The number of benzene rings is 2. The molecule has 0 aliphatic carbocycles. The molecule has 0 fully saturated rings. The maximum absolute atomic E-state index is 13.9. The first-order valence-electron chi connectivity index (χ1n) is 10.7. The lowest BCUT2D eigenvalue weighted by molar-refractivity contribution is 0.00172. The number of hydrogen-bond acceptors (Lipinski definition) is 2. The van der Waals surface area contributed by atoms with E-state index in [1.165, 1.54) is 17.7 Å². The van der Waals surface area contributed by atoms with Crippen molar-refractivity contribution in [1.29, 1.82) is 0 Å². The van der Waals surface area contributed by atoms with E-state index >= 15 is 0 Å². The van der Waals surface area contributed by atoms with Crippen molar-refractivity contribution in [2.24, 2.45) is 0 Å². The van der Waals surface area contributed by atoms with Gasteiger partial charge in [0.05, 0.1) is 5.56 Å². The van der Waals surface area contributed by atoms with Crippen LogP contribution < -0.4 is 4.74 Å². The van der Waals surface area contributed by atoms with Crippen molar-refractivity contribution in [3.63, 3.8) is 0 Å². The van der Waals surface area contributed by atoms with Crippen LogP contribution in [-0.2, 0) is 5.41 Å². The molecule has 0 saturated heterocycles. The van der Waals surface area contributed by atoms with Crippen LogP contribution in [0.5, 0.6) is 5.75 Å². The van der Waals surface area contributed by atoms with Gasteiger partial charge in [0.2, 0.25) is 0 Å². The second kappa shape index (κ2) is 8.52. The minimum atomic E-state index is -1.28. The Morgan fingerprint density at radius 1 is 1.00 bits per heavy atom. The zero-order valence-electron chi connectivity index (χ0n) is 18.1. The van der Waals surface area contributed by atoms with Crippen molar-refractivity contribution < 1.29 is 19.0 Å². The molecule has 0 saturated carbocycles. The number of carboxylic acid groups (broad SMARTS) is 1. The zero-order chi connectivity index (χ0) is 21.9. The molecule has 2 aromatic rings. The lowest BCUT2D eigenvalue weighted by atomic mass is 9.65. The Kier molecular flexibility index (Phi) is 6.22. The first-order valence-corrected chi connectivity index (χ1v) is 10.7. The fraction of sp³-hybridized carbons (Fsp3) is 0.423. The first kappa shape index (κ1) is 21.9. The van der Waals surface area contributed by atoms with Crippen LogP contribution >= 0.6 is 0 Å². The molecule has 1 heterocycles. The van der Waals surface area contributed by atoms with Gasteiger partial charge in [-0.25, -0.2) is 9.18 Å². The van der Waals surface area contributed by atoms with Gasteiger partial charge in [0.25, 0.3) is 0 Å². The number of carbonyl (C=O) groups is 1. The molecular weight excluding hydrogens is 379 g/mol. The highest BCUT2D eigenvalue weighted by Crippen LogP contribution is 2.51. The number of halogens is 1. The summed E-state index contributed by atoms with van der Waals surface area (Å²) in [7, 11) is 0. The Morgan fingerprint density at radius 2 is 1.60 bits per heavy atom. The average molecular weight is 409 g/mol. The summed E-state index contributed by atoms with van der Waals surface area (Å²) in [4.78, 5) is 11.0. The maximum Gasteiger partial charge on any atom is 0.338 e. The van der Waals surface area contributed by atoms with Gasteiger partial charge in [-0.3, -0.25) is 0 Å². The highest BCUT2D eigenvalue weighted by Gasteiger charge is 2.45. The van der Waals surface area contributed by atoms with Gasteiger partial charge in [0, 0.05) is 22.1 Å². The zero-order valence-corrected chi connectivity index (χ0v) is 18.1. The number of carboxylic acids is 1. The summed E-state index contributed by atoms with van der Waals surface area (Å²) in [6.45, 7) is 8.86. The maximum atomic E-state index is 13.9. The lowest BCUT2D eigenvalue weighted by Gasteiger charge is -2.48. The minimum absolute atomic E-state index is 0.0482. The highest BCUT2D eigenvalue weighted by atomic mass is 19.1. The van der Waals surface area contributed by atoms with Crippen molar-refractivity contribution in [1.82, 2.24) is 0 Å². The summed E-state index contributed by atoms with van der Waals surface area (Å²) in [5.74, 6) is 4.93. The Bertz CT molecular complexity index is 1000. The first-order chi connectivity index (χ1) is 14.3. The van der Waals surface area contributed by atoms with Crippen LogP contribution in [0.4, 0.5) is 4.39 Å². The molecule has 2 aromatic carbocycles. The Morgan fingerprint density at radius 3 is 2.13 bits per heavy atom. The van der Waals surface area contributed by atoms with Crippen LogP contribution in [0, 0.1) is 17.7 Å². The Labute approximate surface area is 178 Å². The van der Waals surface area contributed by atoms with Gasteiger partial charge < -0.3 is 9.84 Å². The second-order valence-corrected chi connectivity index (χ2v) is 8.12. The van der Waals surface area contributed by atoms with Gasteiger partial charge in [0.1, 0.15) is 17.2 Å². The summed E-state index contributed by atoms with van der Waals surface area (Å²) in [6.07, 6.45) is 5.00. The van der Waals surface area contributed by atoms with Gasteiger partial charge in [-0.05, 0) is 68.5 Å². The molecule has 3 nitrogen and oxygen atoms in total. The summed E-state index contributed by atoms with van der Waals surface area (Å²) < 4.78 is 20.4. The molecule has 0 atom stereocenters. The summed E-state index contributed by atoms with van der Waals surface area (Å²) in [5, 5.41) is 8.96. The number of aromatic carboxylic acids is 1. The molecule has 1 aliphatic rings. The molecule has 0 bridgehead atoms. The van der Waals surface area contributed by atoms with E-state index in [2.05, 4.69) is 45.6 Å². The standard InChI is InChI=1S/C26H29FO3/c1-5-25(6-2)17-26(7-3,8-4)30-23-14-12-18(15-21(23)25)9-10-19-11-13-20(24(28)29)22(27)16-19/h11-16H,5-8,17H2,1-4H3,(H,28,29). The van der Waals surface area contributed by atoms with E-state index in [0.717, 1.165) is 49.5 Å². The number of ether oxygens (including phenoxy) is 1. The van der Waals surface area contributed by atoms with E-state index in [-0.39, 0.29) is 16.6 Å². The van der Waals surface area contributed by atoms with Crippen molar-refractivity contribution in [3.8, 4) is 17.6 Å². The van der Waals surface area contributed by atoms with Crippen LogP contribution in [0.15, 0.2) is 36.4 Å². The largest absolute Gasteiger partial charge is 0.487 e. The van der Waals surface area contributed by atoms with Crippen LogP contribution in [0.3, 0.4) is 0 Å². The minimum Gasteiger partial charge on any atom is -0.487 e. The molecule has 1 N–H and O–H groups in total. The molecule has 158 valence electrons. The third-order valence-corrected chi connectivity index (χ3v) is 6.73. The highest BCUT2D eigenvalue weighted by molar-refractivity contribution is 5.88. The number of fused-ring (bicyclic) bond motifs is 1. The Balaban J connectivity index is 2.00. The van der Waals surface area contributed by atoms with Gasteiger partial charge >= 0.3 is 5.97 Å². The average Bonchev–Trinajstić information content (AvgIpc) is 2.76. The van der Waals surface area contributed by atoms with Crippen molar-refractivity contribution in [3.05, 3.63) is 64.5 Å². The van der Waals surface area contributed by atoms with Gasteiger partial charge in [-0.2, -0.15) is 0 Å². The number of hydrogen-bond donors (Lipinski definition) is 1. The quantitative estimate of drug-likeness (QED) is 0.589. The SMILES string of the molecule is CCC1(CC)CC(CC)(CC)c2cc(C#Cc3ccc(C(=O)O)c(F)c3)ccc2O1. The molecule has 3 rings (SSSR count). The lowest BCUT2D eigenvalue weighted by Crippen LogP contribution is -2.47. The van der Waals surface area contributed by atoms with Gasteiger partial charge in [-0.1, -0.05) is 39.5 Å². The van der Waals surface area contributed by atoms with E-state index < -0.39 is 11.8 Å². The Hall–Kier alpha value is -2.80. The van der Waals surface area contributed by atoms with Crippen molar-refractivity contribution >= 4 is 5.97 Å². The smallest absolute Gasteiger partial charge is 0.338 e. The normalized spacial score (nSPS) is 16.0. The van der Waals surface area contributed by atoms with Crippen molar-refractivity contribution in [2.75, 3.05) is 0 Å². The third kappa shape index (κ3) is 3.94. The van der Waals surface area contributed by atoms with Crippen LogP contribution in [0.2, 0.25) is 0 Å². The summed E-state index contributed by atoms with van der Waals surface area (Å²) >= 11 is 0. The molecule has 4 heteroatoms. The van der Waals surface area contributed by atoms with Crippen LogP contribution in [0.25, 0.3) is 0 Å². The molecule has 0 aromatic heterocycles. The van der Waals surface area contributed by atoms with E-state index in [1.54, 1.807) is 0 Å². The topological polar surface area (TPSA) is 46.5 Å². The van der Waals surface area contributed by atoms with Gasteiger partial charge in [0.15, 0.2) is 0 Å². The molecular formula is C26H29FO3. The summed E-state index contributed by atoms with van der Waals surface area (Å²) in [6, 6.07) is 9.98. The van der Waals surface area contributed by atoms with E-state index in [4.69, 9.17) is 9.84 Å². The van der Waals surface area contributed by atoms with E-state index in [1.807, 2.05) is 12.1 Å². The predicted octanol–water partition coefficient (Wildman–Crippen LogP) is 6.32. The molecule has 1 aliphatic heterocycles. The molecule has 0 radical (unpaired) electrons.